The van der Waals surface area contributed by atoms with Crippen molar-refractivity contribution in [2.45, 2.75) is 19.9 Å². The number of nitrogens with zero attached hydrogens (tertiary/aromatic N) is 3. The number of aryl methyl sites for hydroxylation is 1. The molecule has 0 unspecified atom stereocenters. The maximum atomic E-state index is 11.6. The first kappa shape index (κ1) is 10.7. The Morgan fingerprint density at radius 2 is 2.44 bits per heavy atom. The largest absolute Gasteiger partial charge is 0.342 e. The highest BCUT2D eigenvalue weighted by molar-refractivity contribution is 7.09. The first-order valence-electron chi connectivity index (χ1n) is 4.75. The highest BCUT2D eigenvalue weighted by Crippen LogP contribution is 2.17. The zero-order chi connectivity index (χ0) is 11.5. The number of thiazole rings is 1. The molecule has 84 valence electrons. The highest BCUT2D eigenvalue weighted by atomic mass is 32.1. The normalized spacial score (nSPS) is 12.4. The number of H-pyrrole nitrogens is 1. The molecule has 0 saturated heterocycles. The number of aromatic nitrogens is 4. The maximum Gasteiger partial charge on any atom is 0.274 e. The molecule has 0 fully saturated rings. The maximum absolute atomic E-state index is 11.6. The van der Waals surface area contributed by atoms with Gasteiger partial charge in [-0.25, -0.2) is 4.98 Å². The Balaban J connectivity index is 2.03. The summed E-state index contributed by atoms with van der Waals surface area (Å²) in [6.07, 6.45) is 1.38. The van der Waals surface area contributed by atoms with Crippen LogP contribution in [0.15, 0.2) is 11.6 Å². The van der Waals surface area contributed by atoms with Crippen LogP contribution in [0.2, 0.25) is 0 Å². The monoisotopic (exact) mass is 237 g/mol. The van der Waals surface area contributed by atoms with Gasteiger partial charge in [0.25, 0.3) is 5.91 Å². The van der Waals surface area contributed by atoms with Crippen LogP contribution in [0, 0.1) is 6.92 Å². The van der Waals surface area contributed by atoms with Gasteiger partial charge in [-0.1, -0.05) is 0 Å². The molecule has 2 aromatic heterocycles. The van der Waals surface area contributed by atoms with E-state index in [9.17, 15) is 4.79 Å². The van der Waals surface area contributed by atoms with E-state index in [0.29, 0.717) is 0 Å². The van der Waals surface area contributed by atoms with E-state index in [2.05, 4.69) is 25.7 Å². The van der Waals surface area contributed by atoms with E-state index < -0.39 is 0 Å². The van der Waals surface area contributed by atoms with Crippen LogP contribution in [0.3, 0.4) is 0 Å². The van der Waals surface area contributed by atoms with Crippen LogP contribution < -0.4 is 5.32 Å². The number of rotatable bonds is 3. The molecule has 2 rings (SSSR count). The molecular weight excluding hydrogens is 226 g/mol. The summed E-state index contributed by atoms with van der Waals surface area (Å²) in [6, 6.07) is -0.122. The number of carbonyl (C=O) groups is 1. The summed E-state index contributed by atoms with van der Waals surface area (Å²) >= 11 is 1.53. The Hall–Kier alpha value is -1.76. The molecule has 0 aliphatic carbocycles. The van der Waals surface area contributed by atoms with E-state index in [1.165, 1.54) is 17.5 Å². The third-order valence-corrected chi connectivity index (χ3v) is 3.15. The molecule has 1 atom stereocenters. The average Bonchev–Trinajstić information content (AvgIpc) is 2.87. The zero-order valence-electron chi connectivity index (χ0n) is 8.89. The van der Waals surface area contributed by atoms with Gasteiger partial charge in [0.1, 0.15) is 5.01 Å². The molecule has 2 heterocycles. The Morgan fingerprint density at radius 3 is 3.00 bits per heavy atom. The van der Waals surface area contributed by atoms with Crippen molar-refractivity contribution in [1.82, 2.24) is 25.7 Å². The second-order valence-corrected chi connectivity index (χ2v) is 4.27. The van der Waals surface area contributed by atoms with Gasteiger partial charge in [-0.05, 0) is 13.8 Å². The Bertz CT molecular complexity index is 478. The van der Waals surface area contributed by atoms with Crippen molar-refractivity contribution in [3.63, 3.8) is 0 Å². The van der Waals surface area contributed by atoms with Crippen molar-refractivity contribution >= 4 is 17.2 Å². The van der Waals surface area contributed by atoms with Gasteiger partial charge in [0.05, 0.1) is 12.2 Å². The van der Waals surface area contributed by atoms with Crippen molar-refractivity contribution in [3.05, 3.63) is 28.0 Å². The molecule has 1 amide bonds. The predicted octanol–water partition coefficient (Wildman–Crippen LogP) is 1.06. The van der Waals surface area contributed by atoms with Crippen LogP contribution in [0.25, 0.3) is 0 Å². The number of hydrogen-bond donors (Lipinski definition) is 2. The fourth-order valence-electron chi connectivity index (χ4n) is 1.21. The van der Waals surface area contributed by atoms with Crippen molar-refractivity contribution < 1.29 is 4.79 Å². The lowest BCUT2D eigenvalue weighted by Crippen LogP contribution is -2.26. The minimum absolute atomic E-state index is 0.122. The van der Waals surface area contributed by atoms with Crippen molar-refractivity contribution in [3.8, 4) is 0 Å². The summed E-state index contributed by atoms with van der Waals surface area (Å²) in [6.45, 7) is 3.81. The van der Waals surface area contributed by atoms with Gasteiger partial charge in [0.2, 0.25) is 0 Å². The van der Waals surface area contributed by atoms with Gasteiger partial charge in [0, 0.05) is 11.1 Å². The summed E-state index contributed by atoms with van der Waals surface area (Å²) in [4.78, 5) is 15.9. The minimum Gasteiger partial charge on any atom is -0.342 e. The first-order chi connectivity index (χ1) is 7.66. The lowest BCUT2D eigenvalue weighted by Gasteiger charge is -2.09. The lowest BCUT2D eigenvalue weighted by molar-refractivity contribution is 0.0934. The Morgan fingerprint density at radius 1 is 1.62 bits per heavy atom. The van der Waals surface area contributed by atoms with Crippen molar-refractivity contribution in [2.75, 3.05) is 0 Å². The summed E-state index contributed by atoms with van der Waals surface area (Å²) in [7, 11) is 0. The van der Waals surface area contributed by atoms with Gasteiger partial charge in [-0.2, -0.15) is 15.4 Å². The molecule has 7 heteroatoms. The number of hydrogen-bond acceptors (Lipinski definition) is 5. The number of carbonyl (C=O) groups excluding carboxylic acids is 1. The molecule has 16 heavy (non-hydrogen) atoms. The number of nitrogens with one attached hydrogen (secondary N) is 2. The molecule has 2 aromatic rings. The molecule has 0 aromatic carbocycles. The zero-order valence-corrected chi connectivity index (χ0v) is 9.71. The number of amides is 1. The van der Waals surface area contributed by atoms with Crippen LogP contribution in [-0.2, 0) is 0 Å². The summed E-state index contributed by atoms with van der Waals surface area (Å²) < 4.78 is 0. The van der Waals surface area contributed by atoms with Gasteiger partial charge in [0.15, 0.2) is 5.69 Å². The summed E-state index contributed by atoms with van der Waals surface area (Å²) in [5.41, 5.74) is 1.24. The van der Waals surface area contributed by atoms with Crippen molar-refractivity contribution in [1.29, 1.82) is 0 Å². The van der Waals surface area contributed by atoms with E-state index in [0.717, 1.165) is 10.7 Å². The van der Waals surface area contributed by atoms with E-state index >= 15 is 0 Å². The average molecular weight is 237 g/mol. The van der Waals surface area contributed by atoms with Crippen LogP contribution in [0.4, 0.5) is 0 Å². The second kappa shape index (κ2) is 4.40. The fraction of sp³-hybridized carbons (Fsp3) is 0.333. The molecule has 2 N–H and O–H groups in total. The van der Waals surface area contributed by atoms with E-state index in [4.69, 9.17) is 0 Å². The van der Waals surface area contributed by atoms with E-state index in [1.54, 1.807) is 0 Å². The summed E-state index contributed by atoms with van der Waals surface area (Å²) in [5, 5.41) is 15.3. The fourth-order valence-corrected chi connectivity index (χ4v) is 2.02. The second-order valence-electron chi connectivity index (χ2n) is 3.38. The predicted molar refractivity (Wildman–Crippen MR) is 59.1 cm³/mol. The van der Waals surface area contributed by atoms with Crippen LogP contribution in [0.1, 0.15) is 34.2 Å². The topological polar surface area (TPSA) is 83.6 Å². The number of aromatic amines is 1. The SMILES string of the molecule is Cc1csc([C@H](C)NC(=O)c2cn[nH]n2)n1. The lowest BCUT2D eigenvalue weighted by atomic mass is 10.3. The van der Waals surface area contributed by atoms with Gasteiger partial charge >= 0.3 is 0 Å². The van der Waals surface area contributed by atoms with Crippen LogP contribution in [-0.4, -0.2) is 26.3 Å². The van der Waals surface area contributed by atoms with Gasteiger partial charge in [-0.3, -0.25) is 4.79 Å². The molecule has 0 bridgehead atoms. The third-order valence-electron chi connectivity index (χ3n) is 2.00. The molecule has 0 aliphatic rings. The highest BCUT2D eigenvalue weighted by Gasteiger charge is 2.15. The molecule has 0 aliphatic heterocycles. The van der Waals surface area contributed by atoms with Crippen molar-refractivity contribution in [2.24, 2.45) is 0 Å². The molecule has 0 saturated carbocycles. The molecule has 0 radical (unpaired) electrons. The van der Waals surface area contributed by atoms with Gasteiger partial charge < -0.3 is 5.32 Å². The van der Waals surface area contributed by atoms with Crippen LogP contribution >= 0.6 is 11.3 Å². The molecular formula is C9H11N5OS. The Kier molecular flexibility index (Phi) is 2.95. The van der Waals surface area contributed by atoms with Crippen LogP contribution in [0.5, 0.6) is 0 Å². The van der Waals surface area contributed by atoms with Gasteiger partial charge in [-0.15, -0.1) is 11.3 Å². The van der Waals surface area contributed by atoms with E-state index in [-0.39, 0.29) is 17.6 Å². The molecule has 0 spiro atoms. The minimum atomic E-state index is -0.255. The Labute approximate surface area is 96.1 Å². The quantitative estimate of drug-likeness (QED) is 0.836. The first-order valence-corrected chi connectivity index (χ1v) is 5.63. The summed E-state index contributed by atoms with van der Waals surface area (Å²) in [5.74, 6) is -0.255. The molecule has 6 nitrogen and oxygen atoms in total. The third kappa shape index (κ3) is 2.25. The smallest absolute Gasteiger partial charge is 0.274 e. The standard InChI is InChI=1S/C9H11N5OS/c1-5-4-16-9(11-5)6(2)12-8(15)7-3-10-14-13-7/h3-4,6H,1-2H3,(H,12,15)(H,10,13,14)/t6-/m0/s1. The van der Waals surface area contributed by atoms with E-state index in [1.807, 2.05) is 19.2 Å².